The number of rotatable bonds is 6. The van der Waals surface area contributed by atoms with Crippen LogP contribution in [0.15, 0.2) is 30.9 Å². The van der Waals surface area contributed by atoms with Crippen LogP contribution in [0.3, 0.4) is 0 Å². The highest BCUT2D eigenvalue weighted by Gasteiger charge is 2.18. The van der Waals surface area contributed by atoms with E-state index in [0.717, 1.165) is 30.9 Å². The quantitative estimate of drug-likeness (QED) is 0.843. The van der Waals surface area contributed by atoms with Crippen LogP contribution in [-0.4, -0.2) is 26.3 Å². The van der Waals surface area contributed by atoms with E-state index in [9.17, 15) is 0 Å². The minimum Gasteiger partial charge on any atom is -0.304 e. The third kappa shape index (κ3) is 2.73. The number of nitrogens with one attached hydrogen (secondary N) is 1. The van der Waals surface area contributed by atoms with E-state index in [-0.39, 0.29) is 6.04 Å². The number of aromatic nitrogens is 4. The number of hydrogen-bond donors (Lipinski definition) is 1. The second kappa shape index (κ2) is 6.26. The van der Waals surface area contributed by atoms with E-state index in [2.05, 4.69) is 34.2 Å². The first kappa shape index (κ1) is 12.7. The largest absolute Gasteiger partial charge is 0.304 e. The third-order valence-corrected chi connectivity index (χ3v) is 2.82. The van der Waals surface area contributed by atoms with E-state index in [1.165, 1.54) is 0 Å². The summed E-state index contributed by atoms with van der Waals surface area (Å²) in [6.45, 7) is 6.03. The van der Waals surface area contributed by atoms with E-state index in [1.807, 2.05) is 16.9 Å². The Kier molecular flexibility index (Phi) is 4.41. The van der Waals surface area contributed by atoms with Crippen molar-refractivity contribution >= 4 is 0 Å². The molecule has 96 valence electrons. The predicted molar refractivity (Wildman–Crippen MR) is 70.1 cm³/mol. The maximum Gasteiger partial charge on any atom is 0.0937 e. The van der Waals surface area contributed by atoms with Gasteiger partial charge in [-0.15, -0.1) is 0 Å². The zero-order valence-electron chi connectivity index (χ0n) is 10.9. The minimum absolute atomic E-state index is 0.0566. The van der Waals surface area contributed by atoms with Crippen LogP contribution in [0, 0.1) is 0 Å². The van der Waals surface area contributed by atoms with Crippen molar-refractivity contribution in [2.24, 2.45) is 0 Å². The molecule has 0 amide bonds. The molecule has 0 fully saturated rings. The fraction of sp³-hybridized carbons (Fsp3) is 0.462. The minimum atomic E-state index is 0.0566. The molecule has 0 aliphatic heterocycles. The molecule has 5 nitrogen and oxygen atoms in total. The lowest BCUT2D eigenvalue weighted by Gasteiger charge is -2.18. The maximum absolute atomic E-state index is 4.40. The number of nitrogens with zero attached hydrogens (tertiary/aromatic N) is 4. The Morgan fingerprint density at radius 1 is 1.28 bits per heavy atom. The molecule has 2 heterocycles. The Bertz CT molecular complexity index is 465. The molecule has 18 heavy (non-hydrogen) atoms. The molecular formula is C13H19N5. The summed E-state index contributed by atoms with van der Waals surface area (Å²) >= 11 is 0. The van der Waals surface area contributed by atoms with Gasteiger partial charge in [-0.1, -0.05) is 6.92 Å². The molecule has 0 saturated carbocycles. The van der Waals surface area contributed by atoms with Gasteiger partial charge >= 0.3 is 0 Å². The van der Waals surface area contributed by atoms with Gasteiger partial charge in [0, 0.05) is 25.1 Å². The Labute approximate surface area is 107 Å². The molecule has 5 heteroatoms. The van der Waals surface area contributed by atoms with Crippen LogP contribution in [0.5, 0.6) is 0 Å². The number of aryl methyl sites for hydroxylation is 1. The zero-order chi connectivity index (χ0) is 12.8. The maximum atomic E-state index is 4.40. The summed E-state index contributed by atoms with van der Waals surface area (Å²) < 4.78 is 1.99. The Hall–Kier alpha value is -1.75. The molecule has 0 saturated heterocycles. The molecule has 0 aliphatic carbocycles. The van der Waals surface area contributed by atoms with Crippen LogP contribution in [0.2, 0.25) is 0 Å². The van der Waals surface area contributed by atoms with Crippen LogP contribution >= 0.6 is 0 Å². The van der Waals surface area contributed by atoms with E-state index in [0.29, 0.717) is 0 Å². The SMILES string of the molecule is CCCNC(c1cnccn1)c1ccnn1CC. The van der Waals surface area contributed by atoms with Crippen molar-refractivity contribution in [3.8, 4) is 0 Å². The molecule has 1 unspecified atom stereocenters. The van der Waals surface area contributed by atoms with Crippen LogP contribution in [0.4, 0.5) is 0 Å². The summed E-state index contributed by atoms with van der Waals surface area (Å²) in [7, 11) is 0. The first-order valence-electron chi connectivity index (χ1n) is 6.37. The van der Waals surface area contributed by atoms with Gasteiger partial charge in [0.15, 0.2) is 0 Å². The Balaban J connectivity index is 2.31. The molecule has 0 bridgehead atoms. The van der Waals surface area contributed by atoms with Crippen molar-refractivity contribution in [3.05, 3.63) is 42.2 Å². The lowest BCUT2D eigenvalue weighted by molar-refractivity contribution is 0.521. The summed E-state index contributed by atoms with van der Waals surface area (Å²) in [6, 6.07) is 2.09. The zero-order valence-corrected chi connectivity index (χ0v) is 10.9. The highest BCUT2D eigenvalue weighted by molar-refractivity contribution is 5.19. The highest BCUT2D eigenvalue weighted by Crippen LogP contribution is 2.19. The summed E-state index contributed by atoms with van der Waals surface area (Å²) in [6.07, 6.45) is 8.13. The van der Waals surface area contributed by atoms with Crippen molar-refractivity contribution in [1.82, 2.24) is 25.1 Å². The van der Waals surface area contributed by atoms with E-state index < -0.39 is 0 Å². The molecule has 0 aliphatic rings. The first-order chi connectivity index (χ1) is 8.86. The molecule has 2 aromatic heterocycles. The highest BCUT2D eigenvalue weighted by atomic mass is 15.3. The van der Waals surface area contributed by atoms with Crippen molar-refractivity contribution in [1.29, 1.82) is 0 Å². The second-order valence-electron chi connectivity index (χ2n) is 4.09. The molecule has 1 atom stereocenters. The topological polar surface area (TPSA) is 55.6 Å². The van der Waals surface area contributed by atoms with Gasteiger partial charge in [0.25, 0.3) is 0 Å². The van der Waals surface area contributed by atoms with Crippen molar-refractivity contribution < 1.29 is 0 Å². The predicted octanol–water partition coefficient (Wildman–Crippen LogP) is 1.78. The second-order valence-corrected chi connectivity index (χ2v) is 4.09. The van der Waals surface area contributed by atoms with Gasteiger partial charge in [0.05, 0.1) is 23.6 Å². The van der Waals surface area contributed by atoms with Crippen LogP contribution < -0.4 is 5.32 Å². The van der Waals surface area contributed by atoms with Gasteiger partial charge in [-0.3, -0.25) is 14.6 Å². The lowest BCUT2D eigenvalue weighted by atomic mass is 10.1. The van der Waals surface area contributed by atoms with Gasteiger partial charge in [-0.2, -0.15) is 5.10 Å². The van der Waals surface area contributed by atoms with Crippen molar-refractivity contribution in [3.63, 3.8) is 0 Å². The van der Waals surface area contributed by atoms with Gasteiger partial charge in [-0.25, -0.2) is 0 Å². The average molecular weight is 245 g/mol. The summed E-state index contributed by atoms with van der Waals surface area (Å²) in [4.78, 5) is 8.54. The van der Waals surface area contributed by atoms with Gasteiger partial charge < -0.3 is 5.32 Å². The Morgan fingerprint density at radius 2 is 2.17 bits per heavy atom. The molecular weight excluding hydrogens is 226 g/mol. The van der Waals surface area contributed by atoms with Crippen molar-refractivity contribution in [2.45, 2.75) is 32.9 Å². The molecule has 0 aromatic carbocycles. The lowest BCUT2D eigenvalue weighted by Crippen LogP contribution is -2.26. The summed E-state index contributed by atoms with van der Waals surface area (Å²) in [5, 5.41) is 7.82. The van der Waals surface area contributed by atoms with E-state index in [4.69, 9.17) is 0 Å². The molecule has 1 N–H and O–H groups in total. The van der Waals surface area contributed by atoms with Crippen LogP contribution in [-0.2, 0) is 6.54 Å². The number of hydrogen-bond acceptors (Lipinski definition) is 4. The summed E-state index contributed by atoms with van der Waals surface area (Å²) in [5.74, 6) is 0. The Morgan fingerprint density at radius 3 is 2.83 bits per heavy atom. The van der Waals surface area contributed by atoms with Gasteiger partial charge in [0.1, 0.15) is 0 Å². The van der Waals surface area contributed by atoms with Gasteiger partial charge in [-0.05, 0) is 26.0 Å². The van der Waals surface area contributed by atoms with E-state index >= 15 is 0 Å². The molecule has 0 spiro atoms. The molecule has 2 aromatic rings. The first-order valence-corrected chi connectivity index (χ1v) is 6.37. The van der Waals surface area contributed by atoms with Gasteiger partial charge in [0.2, 0.25) is 0 Å². The monoisotopic (exact) mass is 245 g/mol. The molecule has 0 radical (unpaired) electrons. The fourth-order valence-electron chi connectivity index (χ4n) is 1.96. The average Bonchev–Trinajstić information content (AvgIpc) is 2.89. The normalized spacial score (nSPS) is 12.6. The molecule has 2 rings (SSSR count). The van der Waals surface area contributed by atoms with Crippen LogP contribution in [0.1, 0.15) is 37.7 Å². The summed E-state index contributed by atoms with van der Waals surface area (Å²) in [5.41, 5.74) is 2.06. The van der Waals surface area contributed by atoms with Crippen molar-refractivity contribution in [2.75, 3.05) is 6.54 Å². The van der Waals surface area contributed by atoms with Crippen LogP contribution in [0.25, 0.3) is 0 Å². The fourth-order valence-corrected chi connectivity index (χ4v) is 1.96. The van der Waals surface area contributed by atoms with E-state index in [1.54, 1.807) is 18.6 Å². The third-order valence-electron chi connectivity index (χ3n) is 2.82. The standard InChI is InChI=1S/C13H19N5/c1-3-6-16-13(11-10-14-8-9-15-11)12-5-7-17-18(12)4-2/h5,7-10,13,16H,3-4,6H2,1-2H3. The smallest absolute Gasteiger partial charge is 0.0937 e.